The summed E-state index contributed by atoms with van der Waals surface area (Å²) in [5.41, 5.74) is 1.07. The number of benzene rings is 2. The van der Waals surface area contributed by atoms with E-state index in [4.69, 9.17) is 18.0 Å². The summed E-state index contributed by atoms with van der Waals surface area (Å²) < 4.78 is 35.1. The molecule has 0 aliphatic carbocycles. The third kappa shape index (κ3) is 5.97. The van der Waals surface area contributed by atoms with E-state index < -0.39 is 7.82 Å². The monoisotopic (exact) mass is 446 g/mol. The van der Waals surface area contributed by atoms with Gasteiger partial charge in [0.2, 0.25) is 0 Å². The van der Waals surface area contributed by atoms with Crippen LogP contribution in [0.4, 0.5) is 0 Å². The van der Waals surface area contributed by atoms with E-state index in [9.17, 15) is 14.5 Å². The van der Waals surface area contributed by atoms with Crippen LogP contribution in [0.2, 0.25) is 0 Å². The van der Waals surface area contributed by atoms with E-state index in [1.165, 1.54) is 24.5 Å². The molecule has 3 aromatic rings. The average Bonchev–Trinajstić information content (AvgIpc) is 2.75. The maximum absolute atomic E-state index is 13.0. The first-order valence-electron chi connectivity index (χ1n) is 10.4. The predicted octanol–water partition coefficient (Wildman–Crippen LogP) is 6.29. The van der Waals surface area contributed by atoms with Gasteiger partial charge in [0.15, 0.2) is 5.43 Å². The van der Waals surface area contributed by atoms with Crippen LogP contribution in [0.3, 0.4) is 0 Å². The lowest BCUT2D eigenvalue weighted by atomic mass is 10.1. The van der Waals surface area contributed by atoms with Crippen molar-refractivity contribution in [2.75, 3.05) is 13.2 Å². The number of unbranched alkanes of at least 4 members (excludes halogenated alkanes) is 2. The molecule has 1 heterocycles. The summed E-state index contributed by atoms with van der Waals surface area (Å²) in [6.07, 6.45) is 4.60. The van der Waals surface area contributed by atoms with Crippen LogP contribution >= 0.6 is 7.82 Å². The van der Waals surface area contributed by atoms with Gasteiger partial charge in [0, 0.05) is 6.07 Å². The zero-order valence-corrected chi connectivity index (χ0v) is 18.6. The normalized spacial score (nSPS) is 11.7. The van der Waals surface area contributed by atoms with Crippen molar-refractivity contribution in [3.05, 3.63) is 59.0 Å². The number of hydrogen-bond acceptors (Lipinski definition) is 7. The Labute approximate surface area is 181 Å². The molecule has 7 nitrogen and oxygen atoms in total. The number of fused-ring (bicyclic) bond motifs is 1. The maximum Gasteiger partial charge on any atom is 0.530 e. The number of phosphoric ester groups is 1. The molecule has 0 spiro atoms. The second-order valence-corrected chi connectivity index (χ2v) is 8.69. The van der Waals surface area contributed by atoms with Crippen LogP contribution in [0.5, 0.6) is 11.5 Å². The molecule has 0 unspecified atom stereocenters. The summed E-state index contributed by atoms with van der Waals surface area (Å²) in [6.45, 7) is 4.53. The Kier molecular flexibility index (Phi) is 7.91. The SMILES string of the molecule is CCCCOP(=O)(OCCCC)Oc1ccc2c(=O)c(-c3ccc(O)cc3)coc2c1. The summed E-state index contributed by atoms with van der Waals surface area (Å²) in [4.78, 5) is 12.9. The van der Waals surface area contributed by atoms with Gasteiger partial charge in [0.25, 0.3) is 0 Å². The summed E-state index contributed by atoms with van der Waals surface area (Å²) in [5, 5.41) is 9.80. The number of phenolic OH excluding ortho intramolecular Hbond substituents is 1. The summed E-state index contributed by atoms with van der Waals surface area (Å²) in [5.74, 6) is 0.340. The van der Waals surface area contributed by atoms with Crippen molar-refractivity contribution in [3.63, 3.8) is 0 Å². The standard InChI is InChI=1S/C23H27O7P/c1-3-5-13-28-31(26,29-14-6-4-2)30-19-11-12-20-22(15-19)27-16-21(23(20)25)17-7-9-18(24)10-8-17/h7-12,15-16,24H,3-6,13-14H2,1-2H3. The van der Waals surface area contributed by atoms with Crippen molar-refractivity contribution in [2.24, 2.45) is 0 Å². The van der Waals surface area contributed by atoms with Crippen molar-refractivity contribution < 1.29 is 27.7 Å². The topological polar surface area (TPSA) is 95.2 Å². The minimum atomic E-state index is -3.80. The number of aromatic hydroxyl groups is 1. The van der Waals surface area contributed by atoms with Crippen molar-refractivity contribution in [1.29, 1.82) is 0 Å². The van der Waals surface area contributed by atoms with Gasteiger partial charge >= 0.3 is 7.82 Å². The van der Waals surface area contributed by atoms with Crippen molar-refractivity contribution in [2.45, 2.75) is 39.5 Å². The van der Waals surface area contributed by atoms with Crippen LogP contribution in [0.1, 0.15) is 39.5 Å². The minimum Gasteiger partial charge on any atom is -0.508 e. The molecule has 0 atom stereocenters. The second kappa shape index (κ2) is 10.6. The lowest BCUT2D eigenvalue weighted by Crippen LogP contribution is -2.06. The fraction of sp³-hybridized carbons (Fsp3) is 0.348. The largest absolute Gasteiger partial charge is 0.530 e. The molecule has 0 aliphatic heterocycles. The molecule has 0 fully saturated rings. The highest BCUT2D eigenvalue weighted by molar-refractivity contribution is 7.48. The highest BCUT2D eigenvalue weighted by atomic mass is 31.2. The molecule has 31 heavy (non-hydrogen) atoms. The van der Waals surface area contributed by atoms with Crippen molar-refractivity contribution >= 4 is 18.8 Å². The first-order chi connectivity index (χ1) is 15.0. The van der Waals surface area contributed by atoms with Crippen LogP contribution < -0.4 is 9.95 Å². The summed E-state index contributed by atoms with van der Waals surface area (Å²) in [7, 11) is -3.80. The summed E-state index contributed by atoms with van der Waals surface area (Å²) in [6, 6.07) is 10.9. The number of hydrogen-bond donors (Lipinski definition) is 1. The third-order valence-corrected chi connectivity index (χ3v) is 6.07. The first kappa shape index (κ1) is 23.1. The van der Waals surface area contributed by atoms with E-state index in [0.717, 1.165) is 25.7 Å². The molecule has 166 valence electrons. The molecule has 1 aromatic heterocycles. The smallest absolute Gasteiger partial charge is 0.508 e. The van der Waals surface area contributed by atoms with E-state index in [1.807, 2.05) is 13.8 Å². The lowest BCUT2D eigenvalue weighted by Gasteiger charge is -2.18. The van der Waals surface area contributed by atoms with E-state index >= 15 is 0 Å². The lowest BCUT2D eigenvalue weighted by molar-refractivity contribution is 0.152. The molecule has 0 saturated carbocycles. The van der Waals surface area contributed by atoms with Gasteiger partial charge in [0.05, 0.1) is 24.2 Å². The molecule has 0 radical (unpaired) electrons. The van der Waals surface area contributed by atoms with Gasteiger partial charge in [-0.3, -0.25) is 13.8 Å². The molecular weight excluding hydrogens is 419 g/mol. The van der Waals surface area contributed by atoms with Crippen LogP contribution in [0.25, 0.3) is 22.1 Å². The molecule has 0 aliphatic rings. The van der Waals surface area contributed by atoms with Gasteiger partial charge in [0.1, 0.15) is 23.3 Å². The van der Waals surface area contributed by atoms with E-state index in [2.05, 4.69) is 0 Å². The Balaban J connectivity index is 1.86. The van der Waals surface area contributed by atoms with E-state index in [-0.39, 0.29) is 30.1 Å². The quantitative estimate of drug-likeness (QED) is 0.273. The fourth-order valence-corrected chi connectivity index (χ4v) is 4.12. The zero-order chi connectivity index (χ0) is 22.3. The van der Waals surface area contributed by atoms with Gasteiger partial charge in [-0.25, -0.2) is 4.57 Å². The molecule has 0 saturated heterocycles. The average molecular weight is 446 g/mol. The Morgan fingerprint density at radius 3 is 2.23 bits per heavy atom. The van der Waals surface area contributed by atoms with Gasteiger partial charge in [-0.1, -0.05) is 38.8 Å². The van der Waals surface area contributed by atoms with Crippen molar-refractivity contribution in [3.8, 4) is 22.6 Å². The molecule has 0 bridgehead atoms. The molecule has 8 heteroatoms. The van der Waals surface area contributed by atoms with E-state index in [1.54, 1.807) is 24.3 Å². The van der Waals surface area contributed by atoms with Crippen LogP contribution in [-0.4, -0.2) is 18.3 Å². The molecular formula is C23H27O7P. The summed E-state index contributed by atoms with van der Waals surface area (Å²) >= 11 is 0. The molecule has 3 rings (SSSR count). The highest BCUT2D eigenvalue weighted by Crippen LogP contribution is 2.50. The Bertz CT molecular complexity index is 1090. The van der Waals surface area contributed by atoms with Gasteiger partial charge in [-0.15, -0.1) is 0 Å². The third-order valence-electron chi connectivity index (χ3n) is 4.64. The zero-order valence-electron chi connectivity index (χ0n) is 17.7. The Morgan fingerprint density at radius 1 is 0.968 bits per heavy atom. The highest BCUT2D eigenvalue weighted by Gasteiger charge is 2.28. The predicted molar refractivity (Wildman–Crippen MR) is 120 cm³/mol. The first-order valence-corrected chi connectivity index (χ1v) is 11.9. The van der Waals surface area contributed by atoms with Gasteiger partial charge < -0.3 is 14.0 Å². The Hall–Kier alpha value is -2.60. The van der Waals surface area contributed by atoms with Gasteiger partial charge in [-0.05, 0) is 42.7 Å². The van der Waals surface area contributed by atoms with Crippen LogP contribution in [0, 0.1) is 0 Å². The minimum absolute atomic E-state index is 0.113. The number of rotatable bonds is 11. The maximum atomic E-state index is 13.0. The molecule has 2 aromatic carbocycles. The molecule has 0 amide bonds. The van der Waals surface area contributed by atoms with E-state index in [0.29, 0.717) is 22.1 Å². The number of phenols is 1. The molecule has 1 N–H and O–H groups in total. The van der Waals surface area contributed by atoms with Crippen LogP contribution in [-0.2, 0) is 13.6 Å². The number of phosphoric acid groups is 1. The van der Waals surface area contributed by atoms with Gasteiger partial charge in [-0.2, -0.15) is 0 Å². The second-order valence-electron chi connectivity index (χ2n) is 7.10. The fourth-order valence-electron chi connectivity index (χ4n) is 2.87. The van der Waals surface area contributed by atoms with Crippen molar-refractivity contribution in [1.82, 2.24) is 0 Å². The van der Waals surface area contributed by atoms with Crippen LogP contribution in [0.15, 0.2) is 57.9 Å². The Morgan fingerprint density at radius 2 is 1.61 bits per heavy atom.